The first-order chi connectivity index (χ1) is 14.3. The minimum atomic E-state index is -0.659. The van der Waals surface area contributed by atoms with Gasteiger partial charge in [0.05, 0.1) is 18.7 Å². The Morgan fingerprint density at radius 1 is 1.26 bits per heavy atom. The molecule has 2 rings (SSSR count). The Bertz CT molecular complexity index is 723. The van der Waals surface area contributed by atoms with Crippen molar-refractivity contribution in [2.24, 2.45) is 23.2 Å². The maximum Gasteiger partial charge on any atom is 0.333 e. The average Bonchev–Trinajstić information content (AvgIpc) is 3.32. The van der Waals surface area contributed by atoms with Gasteiger partial charge in [-0.2, -0.15) is 0 Å². The first-order valence-corrected chi connectivity index (χ1v) is 11.4. The number of piperidine rings is 1. The molecule has 1 aliphatic heterocycles. The van der Waals surface area contributed by atoms with Crippen LogP contribution in [-0.2, 0) is 19.1 Å². The number of rotatable bonds is 8. The van der Waals surface area contributed by atoms with Crippen LogP contribution in [0.1, 0.15) is 54.9 Å². The van der Waals surface area contributed by atoms with Crippen molar-refractivity contribution in [3.8, 4) is 0 Å². The lowest BCUT2D eigenvalue weighted by molar-refractivity contribution is -0.141. The summed E-state index contributed by atoms with van der Waals surface area (Å²) in [4.78, 5) is 42.6. The lowest BCUT2D eigenvalue weighted by Crippen LogP contribution is -2.59. The molecule has 2 amide bonds. The van der Waals surface area contributed by atoms with Crippen LogP contribution in [0.4, 0.5) is 0 Å². The van der Waals surface area contributed by atoms with Crippen molar-refractivity contribution >= 4 is 17.8 Å². The van der Waals surface area contributed by atoms with Crippen molar-refractivity contribution < 1.29 is 19.1 Å². The number of likely N-dealkylation sites (N-methyl/N-ethyl adjacent to an activating group) is 2. The maximum absolute atomic E-state index is 13.6. The Labute approximate surface area is 187 Å². The van der Waals surface area contributed by atoms with Crippen LogP contribution >= 0.6 is 0 Å². The monoisotopic (exact) mass is 435 g/mol. The number of likely N-dealkylation sites (tertiary alicyclic amines) is 1. The lowest BCUT2D eigenvalue weighted by Gasteiger charge is -2.38. The van der Waals surface area contributed by atoms with Crippen LogP contribution in [0.3, 0.4) is 0 Å². The molecule has 0 spiro atoms. The molecule has 31 heavy (non-hydrogen) atoms. The first kappa shape index (κ1) is 25.4. The lowest BCUT2D eigenvalue weighted by atomic mass is 9.84. The van der Waals surface area contributed by atoms with Gasteiger partial charge in [0.15, 0.2) is 0 Å². The number of carbonyl (C=O) groups excluding carboxylic acids is 3. The molecule has 5 atom stereocenters. The molecular formula is C24H41N3O4. The van der Waals surface area contributed by atoms with E-state index in [1.807, 2.05) is 41.7 Å². The summed E-state index contributed by atoms with van der Waals surface area (Å²) in [6, 6.07) is -1.10. The van der Waals surface area contributed by atoms with Crippen molar-refractivity contribution in [1.82, 2.24) is 15.1 Å². The normalized spacial score (nSPS) is 25.6. The smallest absolute Gasteiger partial charge is 0.333 e. The molecule has 2 aliphatic rings. The van der Waals surface area contributed by atoms with Crippen LogP contribution < -0.4 is 5.32 Å². The van der Waals surface area contributed by atoms with E-state index in [4.69, 9.17) is 4.74 Å². The number of esters is 1. The summed E-state index contributed by atoms with van der Waals surface area (Å²) in [5.74, 6) is 0.528. The minimum Gasteiger partial charge on any atom is -0.463 e. The van der Waals surface area contributed by atoms with Crippen LogP contribution in [0, 0.1) is 23.2 Å². The predicted molar refractivity (Wildman–Crippen MR) is 121 cm³/mol. The topological polar surface area (TPSA) is 79.0 Å². The van der Waals surface area contributed by atoms with Gasteiger partial charge in [0.2, 0.25) is 11.8 Å². The van der Waals surface area contributed by atoms with Gasteiger partial charge in [-0.3, -0.25) is 14.5 Å². The first-order valence-electron chi connectivity index (χ1n) is 11.4. The highest BCUT2D eigenvalue weighted by atomic mass is 16.5. The Balaban J connectivity index is 2.21. The Hall–Kier alpha value is -1.89. The molecule has 0 aromatic carbocycles. The molecule has 7 nitrogen and oxygen atoms in total. The molecule has 1 saturated heterocycles. The second kappa shape index (κ2) is 9.72. The van der Waals surface area contributed by atoms with Crippen LogP contribution in [0.2, 0.25) is 0 Å². The van der Waals surface area contributed by atoms with Crippen LogP contribution in [0.5, 0.6) is 0 Å². The third-order valence-corrected chi connectivity index (χ3v) is 6.54. The molecule has 0 radical (unpaired) electrons. The molecule has 7 heteroatoms. The minimum absolute atomic E-state index is 0.0616. The summed E-state index contributed by atoms with van der Waals surface area (Å²) in [6.45, 7) is 14.6. The maximum atomic E-state index is 13.6. The second-order valence-corrected chi connectivity index (χ2v) is 10.6. The number of hydrogen-bond acceptors (Lipinski definition) is 5. The summed E-state index contributed by atoms with van der Waals surface area (Å²) in [5.41, 5.74) is 0.0200. The summed E-state index contributed by atoms with van der Waals surface area (Å²) in [7, 11) is 3.72. The molecule has 0 bridgehead atoms. The SMILES string of the molecule is CCOC(=O)C(C)=C[C@H](C(C)C)N(C)C(=O)[C@@H](NC(=O)[C@@H]1[C@H]2C[C@H]2CN1C)C(C)(C)C. The van der Waals surface area contributed by atoms with E-state index in [0.29, 0.717) is 24.0 Å². The van der Waals surface area contributed by atoms with Crippen LogP contribution in [0.25, 0.3) is 0 Å². The van der Waals surface area contributed by atoms with Gasteiger partial charge in [-0.25, -0.2) is 4.79 Å². The molecular weight excluding hydrogens is 394 g/mol. The van der Waals surface area contributed by atoms with Gasteiger partial charge in [0.1, 0.15) is 6.04 Å². The van der Waals surface area contributed by atoms with E-state index in [0.717, 1.165) is 13.0 Å². The van der Waals surface area contributed by atoms with E-state index in [1.54, 1.807) is 31.9 Å². The molecule has 1 saturated carbocycles. The molecule has 1 N–H and O–H groups in total. The summed E-state index contributed by atoms with van der Waals surface area (Å²) < 4.78 is 5.09. The Morgan fingerprint density at radius 2 is 1.87 bits per heavy atom. The highest BCUT2D eigenvalue weighted by Gasteiger charge is 2.54. The number of amides is 2. The van der Waals surface area contributed by atoms with Crippen molar-refractivity contribution in [1.29, 1.82) is 0 Å². The van der Waals surface area contributed by atoms with E-state index >= 15 is 0 Å². The fourth-order valence-electron chi connectivity index (χ4n) is 4.62. The van der Waals surface area contributed by atoms with Gasteiger partial charge in [-0.05, 0) is 50.5 Å². The largest absolute Gasteiger partial charge is 0.463 e. The van der Waals surface area contributed by atoms with Gasteiger partial charge in [0.25, 0.3) is 0 Å². The molecule has 0 aromatic heterocycles. The number of nitrogens with zero attached hydrogens (tertiary/aromatic N) is 2. The summed E-state index contributed by atoms with van der Waals surface area (Å²) in [5, 5.41) is 3.07. The highest BCUT2D eigenvalue weighted by Crippen LogP contribution is 2.49. The Kier molecular flexibility index (Phi) is 7.95. The molecule has 1 heterocycles. The zero-order valence-corrected chi connectivity index (χ0v) is 20.7. The number of hydrogen-bond donors (Lipinski definition) is 1. The predicted octanol–water partition coefficient (Wildman–Crippen LogP) is 2.46. The molecule has 0 unspecified atom stereocenters. The van der Waals surface area contributed by atoms with Gasteiger partial charge < -0.3 is 15.0 Å². The van der Waals surface area contributed by atoms with Gasteiger partial charge in [0, 0.05) is 19.2 Å². The molecule has 0 aromatic rings. The van der Waals surface area contributed by atoms with Crippen LogP contribution in [-0.4, -0.2) is 73.0 Å². The standard InChI is InChI=1S/C24H41N3O4/c1-10-31-23(30)15(4)11-18(14(2)3)27(9)22(29)20(24(5,6)7)25-21(28)19-17-12-16(17)13-26(19)8/h11,14,16-20H,10,12-13H2,1-9H3,(H,25,28)/t16-,17-,18+,19-,20+/m0/s1. The number of ether oxygens (including phenoxy) is 1. The number of carbonyl (C=O) groups is 3. The summed E-state index contributed by atoms with van der Waals surface area (Å²) in [6.07, 6.45) is 2.89. The van der Waals surface area contributed by atoms with Gasteiger partial charge >= 0.3 is 5.97 Å². The fourth-order valence-corrected chi connectivity index (χ4v) is 4.62. The highest BCUT2D eigenvalue weighted by molar-refractivity contribution is 5.91. The zero-order chi connectivity index (χ0) is 23.7. The fraction of sp³-hybridized carbons (Fsp3) is 0.792. The summed E-state index contributed by atoms with van der Waals surface area (Å²) >= 11 is 0. The van der Waals surface area contributed by atoms with E-state index in [2.05, 4.69) is 10.2 Å². The quantitative estimate of drug-likeness (QED) is 0.468. The van der Waals surface area contributed by atoms with Crippen molar-refractivity contribution in [2.75, 3.05) is 27.2 Å². The van der Waals surface area contributed by atoms with Crippen molar-refractivity contribution in [3.63, 3.8) is 0 Å². The zero-order valence-electron chi connectivity index (χ0n) is 20.7. The average molecular weight is 436 g/mol. The molecule has 1 aliphatic carbocycles. The third kappa shape index (κ3) is 5.88. The van der Waals surface area contributed by atoms with E-state index in [-0.39, 0.29) is 35.8 Å². The van der Waals surface area contributed by atoms with Gasteiger partial charge in [-0.15, -0.1) is 0 Å². The van der Waals surface area contributed by atoms with E-state index in [1.165, 1.54) is 0 Å². The van der Waals surface area contributed by atoms with Crippen LogP contribution in [0.15, 0.2) is 11.6 Å². The molecule has 2 fully saturated rings. The van der Waals surface area contributed by atoms with E-state index < -0.39 is 11.5 Å². The van der Waals surface area contributed by atoms with Gasteiger partial charge in [-0.1, -0.05) is 40.7 Å². The van der Waals surface area contributed by atoms with Crippen molar-refractivity contribution in [2.45, 2.75) is 73.0 Å². The van der Waals surface area contributed by atoms with Crippen molar-refractivity contribution in [3.05, 3.63) is 11.6 Å². The Morgan fingerprint density at radius 3 is 2.32 bits per heavy atom. The number of nitrogens with one attached hydrogen (secondary N) is 1. The number of fused-ring (bicyclic) bond motifs is 1. The molecule has 176 valence electrons. The second-order valence-electron chi connectivity index (χ2n) is 10.6. The third-order valence-electron chi connectivity index (χ3n) is 6.54. The van der Waals surface area contributed by atoms with E-state index in [9.17, 15) is 14.4 Å².